The van der Waals surface area contributed by atoms with Crippen LogP contribution in [0.2, 0.25) is 5.02 Å². The first-order valence-electron chi connectivity index (χ1n) is 9.29. The molecule has 2 aromatic carbocycles. The molecule has 0 bridgehead atoms. The van der Waals surface area contributed by atoms with E-state index in [1.165, 1.54) is 12.1 Å². The van der Waals surface area contributed by atoms with E-state index in [0.29, 0.717) is 11.4 Å². The topological polar surface area (TPSA) is 96.2 Å². The van der Waals surface area contributed by atoms with Gasteiger partial charge in [0, 0.05) is 28.2 Å². The number of benzene rings is 2. The van der Waals surface area contributed by atoms with Gasteiger partial charge in [-0.3, -0.25) is 4.79 Å². The summed E-state index contributed by atoms with van der Waals surface area (Å²) in [6.45, 7) is -1.87. The maximum absolute atomic E-state index is 12.7. The summed E-state index contributed by atoms with van der Waals surface area (Å²) in [6.07, 6.45) is 0.557. The van der Waals surface area contributed by atoms with E-state index in [1.54, 1.807) is 16.8 Å². The first-order valence-corrected chi connectivity index (χ1v) is 9.66. The zero-order valence-corrected chi connectivity index (χ0v) is 16.9. The van der Waals surface area contributed by atoms with E-state index in [9.17, 15) is 13.6 Å². The molecule has 7 nitrogen and oxygen atoms in total. The Morgan fingerprint density at radius 2 is 2.03 bits per heavy atom. The highest BCUT2D eigenvalue weighted by Gasteiger charge is 2.17. The van der Waals surface area contributed by atoms with Crippen LogP contribution in [0.4, 0.5) is 8.78 Å². The summed E-state index contributed by atoms with van der Waals surface area (Å²) in [4.78, 5) is 15.7. The minimum Gasteiger partial charge on any atom is -0.483 e. The molecule has 0 radical (unpaired) electrons. The number of primary amides is 1. The molecule has 10 heteroatoms. The number of carbonyl (C=O) groups is 1. The number of nitrogens with two attached hydrogens (primary N) is 1. The molecule has 31 heavy (non-hydrogen) atoms. The molecule has 2 N–H and O–H groups in total. The summed E-state index contributed by atoms with van der Waals surface area (Å²) in [7, 11) is 0. The largest absolute Gasteiger partial charge is 0.483 e. The quantitative estimate of drug-likeness (QED) is 0.438. The van der Waals surface area contributed by atoms with E-state index >= 15 is 0 Å². The number of alkyl halides is 2. The zero-order chi connectivity index (χ0) is 22.0. The van der Waals surface area contributed by atoms with Gasteiger partial charge >= 0.3 is 0 Å². The van der Waals surface area contributed by atoms with Crippen LogP contribution >= 0.6 is 11.6 Å². The Morgan fingerprint density at radius 1 is 1.23 bits per heavy atom. The van der Waals surface area contributed by atoms with E-state index < -0.39 is 25.4 Å². The van der Waals surface area contributed by atoms with Crippen molar-refractivity contribution >= 4 is 28.4 Å². The van der Waals surface area contributed by atoms with Gasteiger partial charge in [-0.25, -0.2) is 8.78 Å². The minimum absolute atomic E-state index is 0.0586. The average molecular weight is 447 g/mol. The highest BCUT2D eigenvalue weighted by molar-refractivity contribution is 6.32. The molecule has 0 spiro atoms. The van der Waals surface area contributed by atoms with Crippen LogP contribution in [-0.4, -0.2) is 40.1 Å². The number of nitrogens with zero attached hydrogens (tertiary/aromatic N) is 3. The Kier molecular flexibility index (Phi) is 5.85. The number of hydrogen-bond donors (Lipinski definition) is 1. The summed E-state index contributed by atoms with van der Waals surface area (Å²) in [5.74, 6) is 0.276. The van der Waals surface area contributed by atoms with Crippen LogP contribution in [0.15, 0.2) is 53.2 Å². The fraction of sp³-hybridized carbons (Fsp3) is 0.190. The van der Waals surface area contributed by atoms with Gasteiger partial charge in [-0.2, -0.15) is 4.98 Å². The van der Waals surface area contributed by atoms with Crippen molar-refractivity contribution in [1.82, 2.24) is 14.7 Å². The monoisotopic (exact) mass is 446 g/mol. The summed E-state index contributed by atoms with van der Waals surface area (Å²) in [5.41, 5.74) is 7.35. The van der Waals surface area contributed by atoms with Gasteiger partial charge in [0.15, 0.2) is 6.10 Å². The smallest absolute Gasteiger partial charge is 0.258 e. The van der Waals surface area contributed by atoms with Gasteiger partial charge in [-0.1, -0.05) is 28.9 Å². The number of carbonyl (C=O) groups excluding carboxylic acids is 1. The van der Waals surface area contributed by atoms with Gasteiger partial charge < -0.3 is 19.6 Å². The molecule has 160 valence electrons. The normalized spacial score (nSPS) is 11.4. The van der Waals surface area contributed by atoms with E-state index in [0.717, 1.165) is 16.5 Å². The van der Waals surface area contributed by atoms with Crippen molar-refractivity contribution < 1.29 is 22.8 Å². The van der Waals surface area contributed by atoms with Crippen molar-refractivity contribution in [2.75, 3.05) is 13.3 Å². The molecule has 0 unspecified atom stereocenters. The Labute approximate surface area is 180 Å². The number of halogens is 3. The van der Waals surface area contributed by atoms with Gasteiger partial charge in [-0.05, 0) is 30.3 Å². The molecule has 2 aromatic heterocycles. The van der Waals surface area contributed by atoms with Crippen molar-refractivity contribution in [2.24, 2.45) is 5.73 Å². The lowest BCUT2D eigenvalue weighted by atomic mass is 10.1. The molecule has 0 fully saturated rings. The van der Waals surface area contributed by atoms with Gasteiger partial charge in [0.1, 0.15) is 25.6 Å². The first kappa shape index (κ1) is 20.8. The number of aromatic nitrogens is 3. The van der Waals surface area contributed by atoms with Gasteiger partial charge in [0.2, 0.25) is 11.7 Å². The fourth-order valence-electron chi connectivity index (χ4n) is 3.19. The standard InChI is InChI=1S/C21H17ClF2N4O3/c22-16-8-12(4-5-18(16)30-13(9-23)10-24)21-26-20(27-31-21)15-2-1-3-17-14(15)6-7-28(17)11-19(25)29/h1-8,13H,9-11H2,(H2,25,29). The lowest BCUT2D eigenvalue weighted by Crippen LogP contribution is -2.21. The van der Waals surface area contributed by atoms with Crippen LogP contribution in [0.25, 0.3) is 33.7 Å². The molecule has 0 saturated heterocycles. The molecule has 0 atom stereocenters. The Morgan fingerprint density at radius 3 is 2.74 bits per heavy atom. The van der Waals surface area contributed by atoms with Crippen LogP contribution in [0.5, 0.6) is 5.75 Å². The lowest BCUT2D eigenvalue weighted by molar-refractivity contribution is -0.118. The number of rotatable bonds is 8. The number of amides is 1. The Balaban J connectivity index is 1.64. The van der Waals surface area contributed by atoms with E-state index in [1.807, 2.05) is 24.3 Å². The molecule has 4 aromatic rings. The minimum atomic E-state index is -1.21. The van der Waals surface area contributed by atoms with Crippen molar-refractivity contribution in [3.63, 3.8) is 0 Å². The number of hydrogen-bond acceptors (Lipinski definition) is 5. The van der Waals surface area contributed by atoms with Crippen LogP contribution in [0.3, 0.4) is 0 Å². The highest BCUT2D eigenvalue weighted by Crippen LogP contribution is 2.33. The maximum Gasteiger partial charge on any atom is 0.258 e. The van der Waals surface area contributed by atoms with Crippen LogP contribution < -0.4 is 10.5 Å². The summed E-state index contributed by atoms with van der Waals surface area (Å²) in [5, 5.41) is 5.05. The molecule has 0 aliphatic rings. The molecular formula is C21H17ClF2N4O3. The molecule has 0 aliphatic heterocycles. The first-order chi connectivity index (χ1) is 15.0. The van der Waals surface area contributed by atoms with Crippen molar-refractivity contribution in [3.8, 4) is 28.6 Å². The van der Waals surface area contributed by atoms with Crippen molar-refractivity contribution in [3.05, 3.63) is 53.7 Å². The molecule has 0 saturated carbocycles. The third-order valence-corrected chi connectivity index (χ3v) is 4.92. The fourth-order valence-corrected chi connectivity index (χ4v) is 3.41. The predicted molar refractivity (Wildman–Crippen MR) is 111 cm³/mol. The second kappa shape index (κ2) is 8.73. The molecular weight excluding hydrogens is 430 g/mol. The van der Waals surface area contributed by atoms with Crippen molar-refractivity contribution in [1.29, 1.82) is 0 Å². The van der Waals surface area contributed by atoms with Crippen LogP contribution in [0.1, 0.15) is 0 Å². The molecule has 2 heterocycles. The Bertz CT molecular complexity index is 1240. The average Bonchev–Trinajstić information content (AvgIpc) is 3.40. The van der Waals surface area contributed by atoms with Gasteiger partial charge in [0.25, 0.3) is 5.89 Å². The maximum atomic E-state index is 12.7. The lowest BCUT2D eigenvalue weighted by Gasteiger charge is -2.13. The second-order valence-corrected chi connectivity index (χ2v) is 7.17. The predicted octanol–water partition coefficient (Wildman–Crippen LogP) is 4.18. The van der Waals surface area contributed by atoms with Gasteiger partial charge in [0.05, 0.1) is 5.02 Å². The van der Waals surface area contributed by atoms with Crippen LogP contribution in [-0.2, 0) is 11.3 Å². The summed E-state index contributed by atoms with van der Waals surface area (Å²) >= 11 is 6.18. The summed E-state index contributed by atoms with van der Waals surface area (Å²) in [6, 6.07) is 12.0. The molecule has 1 amide bonds. The third-order valence-electron chi connectivity index (χ3n) is 4.62. The zero-order valence-electron chi connectivity index (χ0n) is 16.1. The van der Waals surface area contributed by atoms with E-state index in [4.69, 9.17) is 26.6 Å². The van der Waals surface area contributed by atoms with Crippen LogP contribution in [0, 0.1) is 0 Å². The van der Waals surface area contributed by atoms with E-state index in [2.05, 4.69) is 10.1 Å². The molecule has 4 rings (SSSR count). The highest BCUT2D eigenvalue weighted by atomic mass is 35.5. The third kappa shape index (κ3) is 4.22. The second-order valence-electron chi connectivity index (χ2n) is 6.77. The summed E-state index contributed by atoms with van der Waals surface area (Å²) < 4.78 is 37.7. The van der Waals surface area contributed by atoms with E-state index in [-0.39, 0.29) is 23.2 Å². The van der Waals surface area contributed by atoms with Crippen molar-refractivity contribution in [2.45, 2.75) is 12.6 Å². The SMILES string of the molecule is NC(=O)Cn1ccc2c(-c3noc(-c4ccc(OC(CF)CF)c(Cl)c4)n3)cccc21. The Hall–Kier alpha value is -3.46. The van der Waals surface area contributed by atoms with Gasteiger partial charge in [-0.15, -0.1) is 0 Å². The number of fused-ring (bicyclic) bond motifs is 1. The number of ether oxygens (including phenoxy) is 1. The molecule has 0 aliphatic carbocycles.